The van der Waals surface area contributed by atoms with Crippen LogP contribution in [0.5, 0.6) is 0 Å². The molecule has 3 aromatic rings. The quantitative estimate of drug-likeness (QED) is 0.678. The number of rotatable bonds is 2. The number of imide groups is 1. The van der Waals surface area contributed by atoms with Gasteiger partial charge in [-0.15, -0.1) is 0 Å². The third kappa shape index (κ3) is 1.74. The molecule has 0 bridgehead atoms. The number of hydrogen-bond acceptors (Lipinski definition) is 4. The molecule has 6 heteroatoms. The summed E-state index contributed by atoms with van der Waals surface area (Å²) in [6.07, 6.45) is 3.13. The maximum Gasteiger partial charge on any atom is 0.266 e. The molecule has 0 fully saturated rings. The van der Waals surface area contributed by atoms with Crippen LogP contribution in [0, 0.1) is 0 Å². The van der Waals surface area contributed by atoms with Crippen LogP contribution in [-0.4, -0.2) is 26.8 Å². The molecule has 4 rings (SSSR count). The smallest absolute Gasteiger partial charge is 0.266 e. The molecule has 1 aliphatic heterocycles. The normalized spacial score (nSPS) is 13.5. The third-order valence-corrected chi connectivity index (χ3v) is 3.53. The van der Waals surface area contributed by atoms with Gasteiger partial charge < -0.3 is 0 Å². The molecule has 0 N–H and O–H groups in total. The molecular formula is C16H10N4O2. The molecule has 22 heavy (non-hydrogen) atoms. The van der Waals surface area contributed by atoms with E-state index in [0.717, 1.165) is 0 Å². The van der Waals surface area contributed by atoms with Crippen LogP contribution in [0.25, 0.3) is 5.69 Å². The average molecular weight is 290 g/mol. The van der Waals surface area contributed by atoms with Crippen molar-refractivity contribution >= 4 is 17.5 Å². The van der Waals surface area contributed by atoms with E-state index >= 15 is 0 Å². The fourth-order valence-electron chi connectivity index (χ4n) is 2.53. The Morgan fingerprint density at radius 3 is 1.95 bits per heavy atom. The number of carbonyl (C=O) groups excluding carboxylic acids is 2. The van der Waals surface area contributed by atoms with Crippen molar-refractivity contribution in [1.82, 2.24) is 15.0 Å². The minimum atomic E-state index is -0.314. The second-order valence-electron chi connectivity index (χ2n) is 4.83. The van der Waals surface area contributed by atoms with Crippen molar-refractivity contribution in [2.75, 3.05) is 4.90 Å². The summed E-state index contributed by atoms with van der Waals surface area (Å²) in [5, 5.41) is 8.10. The van der Waals surface area contributed by atoms with Crippen LogP contribution in [0.2, 0.25) is 0 Å². The summed E-state index contributed by atoms with van der Waals surface area (Å²) in [5.41, 5.74) is 2.03. The van der Waals surface area contributed by atoms with Crippen molar-refractivity contribution in [2.45, 2.75) is 0 Å². The summed E-state index contributed by atoms with van der Waals surface area (Å²) >= 11 is 0. The van der Waals surface area contributed by atoms with E-state index in [4.69, 9.17) is 0 Å². The predicted octanol–water partition coefficient (Wildman–Crippen LogP) is 2.07. The van der Waals surface area contributed by atoms with Gasteiger partial charge in [0.25, 0.3) is 11.8 Å². The van der Waals surface area contributed by atoms with Gasteiger partial charge in [0.05, 0.1) is 34.9 Å². The Kier molecular flexibility index (Phi) is 2.62. The van der Waals surface area contributed by atoms with Crippen LogP contribution in [0.4, 0.5) is 5.69 Å². The fraction of sp³-hybridized carbons (Fsp3) is 0. The summed E-state index contributed by atoms with van der Waals surface area (Å²) < 4.78 is 0. The zero-order valence-corrected chi connectivity index (χ0v) is 11.4. The molecule has 0 atom stereocenters. The van der Waals surface area contributed by atoms with Gasteiger partial charge in [0, 0.05) is 0 Å². The maximum absolute atomic E-state index is 12.5. The van der Waals surface area contributed by atoms with Crippen LogP contribution in [0.1, 0.15) is 20.7 Å². The molecule has 2 heterocycles. The number of amides is 2. The van der Waals surface area contributed by atoms with Gasteiger partial charge in [0.15, 0.2) is 0 Å². The summed E-state index contributed by atoms with van der Waals surface area (Å²) in [6.45, 7) is 0. The Morgan fingerprint density at radius 1 is 0.727 bits per heavy atom. The highest BCUT2D eigenvalue weighted by Gasteiger charge is 2.36. The molecule has 0 saturated carbocycles. The molecule has 2 aromatic carbocycles. The van der Waals surface area contributed by atoms with Gasteiger partial charge in [-0.1, -0.05) is 18.2 Å². The fourth-order valence-corrected chi connectivity index (χ4v) is 2.53. The Labute approximate surface area is 125 Å². The number of aromatic nitrogens is 3. The lowest BCUT2D eigenvalue weighted by molar-refractivity contribution is 0.0926. The van der Waals surface area contributed by atoms with Gasteiger partial charge in [-0.3, -0.25) is 9.59 Å². The van der Waals surface area contributed by atoms with E-state index in [9.17, 15) is 9.59 Å². The summed E-state index contributed by atoms with van der Waals surface area (Å²) in [4.78, 5) is 27.6. The first-order valence-corrected chi connectivity index (χ1v) is 6.70. The first kappa shape index (κ1) is 12.5. The summed E-state index contributed by atoms with van der Waals surface area (Å²) in [7, 11) is 0. The second kappa shape index (κ2) is 4.63. The Bertz CT molecular complexity index is 852. The van der Waals surface area contributed by atoms with Crippen molar-refractivity contribution in [2.24, 2.45) is 0 Å². The molecule has 0 aliphatic carbocycles. The molecular weight excluding hydrogens is 280 g/mol. The molecule has 0 radical (unpaired) electrons. The second-order valence-corrected chi connectivity index (χ2v) is 4.83. The SMILES string of the molecule is O=C1c2ccccc2C(=O)N1c1cccc(-n2nccn2)c1. The van der Waals surface area contributed by atoms with Gasteiger partial charge in [0.1, 0.15) is 0 Å². The minimum absolute atomic E-state index is 0.314. The highest BCUT2D eigenvalue weighted by atomic mass is 16.2. The first-order chi connectivity index (χ1) is 10.8. The molecule has 1 aromatic heterocycles. The lowest BCUT2D eigenvalue weighted by Gasteiger charge is -2.14. The van der Waals surface area contributed by atoms with Gasteiger partial charge in [-0.05, 0) is 30.3 Å². The van der Waals surface area contributed by atoms with E-state index in [1.165, 1.54) is 9.70 Å². The summed E-state index contributed by atoms with van der Waals surface area (Å²) in [6, 6.07) is 13.8. The Balaban J connectivity index is 1.79. The number of carbonyl (C=O) groups is 2. The van der Waals surface area contributed by atoms with Crippen LogP contribution in [0.3, 0.4) is 0 Å². The molecule has 0 unspecified atom stereocenters. The number of hydrogen-bond donors (Lipinski definition) is 0. The van der Waals surface area contributed by atoms with Crippen LogP contribution < -0.4 is 4.90 Å². The molecule has 106 valence electrons. The van der Waals surface area contributed by atoms with Crippen LogP contribution >= 0.6 is 0 Å². The maximum atomic E-state index is 12.5. The zero-order valence-electron chi connectivity index (χ0n) is 11.4. The summed E-state index contributed by atoms with van der Waals surface area (Å²) in [5.74, 6) is -0.627. The molecule has 6 nitrogen and oxygen atoms in total. The van der Waals surface area contributed by atoms with E-state index in [0.29, 0.717) is 22.5 Å². The van der Waals surface area contributed by atoms with Crippen molar-refractivity contribution in [3.05, 3.63) is 72.1 Å². The standard InChI is InChI=1S/C16H10N4O2/c21-15-13-6-1-2-7-14(13)16(22)19(15)11-4-3-5-12(10-11)20-17-8-9-18-20/h1-10H. The molecule has 0 spiro atoms. The van der Waals surface area contributed by atoms with Crippen LogP contribution in [0.15, 0.2) is 60.9 Å². The molecule has 2 amide bonds. The highest BCUT2D eigenvalue weighted by Crippen LogP contribution is 2.29. The van der Waals surface area contributed by atoms with Gasteiger partial charge in [-0.25, -0.2) is 4.90 Å². The minimum Gasteiger partial charge on any atom is -0.268 e. The van der Waals surface area contributed by atoms with Crippen molar-refractivity contribution in [3.8, 4) is 5.69 Å². The number of benzene rings is 2. The van der Waals surface area contributed by atoms with E-state index in [1.807, 2.05) is 6.07 Å². The van der Waals surface area contributed by atoms with E-state index in [-0.39, 0.29) is 11.8 Å². The van der Waals surface area contributed by atoms with Crippen molar-refractivity contribution < 1.29 is 9.59 Å². The zero-order chi connectivity index (χ0) is 15.1. The van der Waals surface area contributed by atoms with E-state index < -0.39 is 0 Å². The van der Waals surface area contributed by atoms with Gasteiger partial charge >= 0.3 is 0 Å². The van der Waals surface area contributed by atoms with Crippen LogP contribution in [-0.2, 0) is 0 Å². The lowest BCUT2D eigenvalue weighted by Crippen LogP contribution is -2.29. The Hall–Kier alpha value is -3.28. The molecule has 1 aliphatic rings. The Morgan fingerprint density at radius 2 is 1.32 bits per heavy atom. The van der Waals surface area contributed by atoms with E-state index in [1.54, 1.807) is 54.9 Å². The largest absolute Gasteiger partial charge is 0.268 e. The lowest BCUT2D eigenvalue weighted by atomic mass is 10.1. The average Bonchev–Trinajstić information content (AvgIpc) is 3.17. The number of fused-ring (bicyclic) bond motifs is 1. The monoisotopic (exact) mass is 290 g/mol. The van der Waals surface area contributed by atoms with Gasteiger partial charge in [0.2, 0.25) is 0 Å². The van der Waals surface area contributed by atoms with Gasteiger partial charge in [-0.2, -0.15) is 15.0 Å². The van der Waals surface area contributed by atoms with E-state index in [2.05, 4.69) is 10.2 Å². The van der Waals surface area contributed by atoms with Crippen molar-refractivity contribution in [3.63, 3.8) is 0 Å². The first-order valence-electron chi connectivity index (χ1n) is 6.70. The molecule has 0 saturated heterocycles. The number of nitrogens with zero attached hydrogens (tertiary/aromatic N) is 4. The predicted molar refractivity (Wildman–Crippen MR) is 78.9 cm³/mol. The van der Waals surface area contributed by atoms with Crippen molar-refractivity contribution in [1.29, 1.82) is 0 Å². The highest BCUT2D eigenvalue weighted by molar-refractivity contribution is 6.34. The third-order valence-electron chi connectivity index (χ3n) is 3.53. The topological polar surface area (TPSA) is 68.1 Å². The number of anilines is 1.